The molecule has 1 aromatic rings. The molecule has 1 aliphatic rings. The Balaban J connectivity index is 1.99. The molecule has 7 heteroatoms. The van der Waals surface area contributed by atoms with Gasteiger partial charge in [0.2, 0.25) is 5.09 Å². The van der Waals surface area contributed by atoms with Crippen molar-refractivity contribution in [2.45, 2.75) is 37.4 Å². The smallest absolute Gasteiger partial charge is 0.274 e. The molecule has 1 unspecified atom stereocenters. The number of thioether (sulfide) groups is 1. The molecule has 108 valence electrons. The molecule has 1 atom stereocenters. The van der Waals surface area contributed by atoms with Gasteiger partial charge in [-0.1, -0.05) is 6.92 Å². The molecular formula is C12H20N2O3S2. The van der Waals surface area contributed by atoms with E-state index in [0.717, 1.165) is 30.9 Å². The maximum absolute atomic E-state index is 12.2. The fraction of sp³-hybridized carbons (Fsp3) is 0.667. The highest BCUT2D eigenvalue weighted by atomic mass is 32.2. The third-order valence-corrected chi connectivity index (χ3v) is 5.54. The van der Waals surface area contributed by atoms with E-state index in [4.69, 9.17) is 4.42 Å². The molecule has 2 N–H and O–H groups in total. The Morgan fingerprint density at radius 2 is 2.32 bits per heavy atom. The summed E-state index contributed by atoms with van der Waals surface area (Å²) in [5.41, 5.74) is 0. The predicted octanol–water partition coefficient (Wildman–Crippen LogP) is 1.56. The Hall–Kier alpha value is -0.500. The quantitative estimate of drug-likeness (QED) is 0.834. The molecule has 2 heterocycles. The van der Waals surface area contributed by atoms with Gasteiger partial charge in [0.15, 0.2) is 0 Å². The first-order valence-corrected chi connectivity index (χ1v) is 9.15. The second kappa shape index (κ2) is 6.78. The predicted molar refractivity (Wildman–Crippen MR) is 76.8 cm³/mol. The monoisotopic (exact) mass is 304 g/mol. The van der Waals surface area contributed by atoms with Gasteiger partial charge in [0.25, 0.3) is 10.0 Å². The zero-order valence-electron chi connectivity index (χ0n) is 11.0. The van der Waals surface area contributed by atoms with Crippen LogP contribution in [0.25, 0.3) is 0 Å². The van der Waals surface area contributed by atoms with Crippen molar-refractivity contribution >= 4 is 21.8 Å². The Morgan fingerprint density at radius 3 is 3.00 bits per heavy atom. The van der Waals surface area contributed by atoms with Gasteiger partial charge >= 0.3 is 0 Å². The lowest BCUT2D eigenvalue weighted by Crippen LogP contribution is -2.38. The number of sulfonamides is 1. The molecule has 0 spiro atoms. The summed E-state index contributed by atoms with van der Waals surface area (Å²) in [7, 11) is -3.52. The van der Waals surface area contributed by atoms with E-state index in [9.17, 15) is 8.42 Å². The Morgan fingerprint density at radius 1 is 1.47 bits per heavy atom. The molecule has 1 saturated heterocycles. The molecule has 1 fully saturated rings. The van der Waals surface area contributed by atoms with Crippen LogP contribution < -0.4 is 10.0 Å². The summed E-state index contributed by atoms with van der Waals surface area (Å²) in [5.74, 6) is 2.59. The molecule has 0 aliphatic carbocycles. The van der Waals surface area contributed by atoms with Crippen LogP contribution in [-0.2, 0) is 16.6 Å². The maximum atomic E-state index is 12.2. The van der Waals surface area contributed by atoms with Crippen LogP contribution in [0.15, 0.2) is 21.6 Å². The van der Waals surface area contributed by atoms with E-state index in [-0.39, 0.29) is 11.1 Å². The van der Waals surface area contributed by atoms with Gasteiger partial charge in [0.1, 0.15) is 5.76 Å². The van der Waals surface area contributed by atoms with Crippen molar-refractivity contribution in [1.29, 1.82) is 0 Å². The van der Waals surface area contributed by atoms with Gasteiger partial charge in [-0.3, -0.25) is 0 Å². The Bertz CT molecular complexity index is 493. The lowest BCUT2D eigenvalue weighted by Gasteiger charge is -2.21. The second-order valence-electron chi connectivity index (χ2n) is 4.54. The van der Waals surface area contributed by atoms with Crippen LogP contribution in [0.2, 0.25) is 0 Å². The summed E-state index contributed by atoms with van der Waals surface area (Å²) < 4.78 is 32.4. The van der Waals surface area contributed by atoms with Crippen LogP contribution in [0.5, 0.6) is 0 Å². The van der Waals surface area contributed by atoms with Gasteiger partial charge in [-0.25, -0.2) is 13.1 Å². The highest BCUT2D eigenvalue weighted by Crippen LogP contribution is 2.20. The lowest BCUT2D eigenvalue weighted by molar-refractivity contribution is 0.399. The first-order valence-electron chi connectivity index (χ1n) is 6.51. The minimum atomic E-state index is -3.52. The largest absolute Gasteiger partial charge is 0.447 e. The average Bonchev–Trinajstić information content (AvgIpc) is 2.86. The summed E-state index contributed by atoms with van der Waals surface area (Å²) in [4.78, 5) is 0. The van der Waals surface area contributed by atoms with Gasteiger partial charge in [-0.05, 0) is 37.3 Å². The number of hydrogen-bond acceptors (Lipinski definition) is 5. The first kappa shape index (κ1) is 14.9. The highest BCUT2D eigenvalue weighted by molar-refractivity contribution is 7.99. The molecule has 0 bridgehead atoms. The fourth-order valence-electron chi connectivity index (χ4n) is 1.96. The van der Waals surface area contributed by atoms with Crippen molar-refractivity contribution in [1.82, 2.24) is 10.0 Å². The zero-order valence-corrected chi connectivity index (χ0v) is 12.6. The molecule has 0 radical (unpaired) electrons. The summed E-state index contributed by atoms with van der Waals surface area (Å²) in [6.45, 7) is 3.36. The van der Waals surface area contributed by atoms with Gasteiger partial charge in [-0.15, -0.1) is 0 Å². The summed E-state index contributed by atoms with van der Waals surface area (Å²) >= 11 is 1.79. The minimum Gasteiger partial charge on any atom is -0.447 e. The van der Waals surface area contributed by atoms with Gasteiger partial charge in [0.05, 0.1) is 6.54 Å². The van der Waals surface area contributed by atoms with Crippen LogP contribution >= 0.6 is 11.8 Å². The van der Waals surface area contributed by atoms with Crippen molar-refractivity contribution in [3.05, 3.63) is 17.9 Å². The van der Waals surface area contributed by atoms with Crippen LogP contribution in [-0.4, -0.2) is 32.5 Å². The topological polar surface area (TPSA) is 71.3 Å². The maximum Gasteiger partial charge on any atom is 0.274 e. The SMILES string of the molecule is CCNCc1ccc(S(=O)(=O)NC2CCCSC2)o1. The Kier molecular flexibility index (Phi) is 5.32. The number of hydrogen-bond donors (Lipinski definition) is 2. The van der Waals surface area contributed by atoms with E-state index in [2.05, 4.69) is 10.0 Å². The summed E-state index contributed by atoms with van der Waals surface area (Å²) in [6.07, 6.45) is 1.96. The van der Waals surface area contributed by atoms with E-state index in [0.29, 0.717) is 12.3 Å². The molecule has 0 saturated carbocycles. The van der Waals surface area contributed by atoms with E-state index >= 15 is 0 Å². The second-order valence-corrected chi connectivity index (χ2v) is 7.33. The molecule has 5 nitrogen and oxygen atoms in total. The molecule has 1 aliphatic heterocycles. The van der Waals surface area contributed by atoms with Crippen LogP contribution in [0, 0.1) is 0 Å². The van der Waals surface area contributed by atoms with E-state index in [1.807, 2.05) is 6.92 Å². The fourth-order valence-corrected chi connectivity index (χ4v) is 4.35. The van der Waals surface area contributed by atoms with Gasteiger partial charge in [0, 0.05) is 11.8 Å². The van der Waals surface area contributed by atoms with E-state index in [1.165, 1.54) is 6.07 Å². The highest BCUT2D eigenvalue weighted by Gasteiger charge is 2.24. The van der Waals surface area contributed by atoms with Gasteiger partial charge < -0.3 is 9.73 Å². The average molecular weight is 304 g/mol. The molecule has 19 heavy (non-hydrogen) atoms. The molecular weight excluding hydrogens is 284 g/mol. The third-order valence-electron chi connectivity index (χ3n) is 2.93. The van der Waals surface area contributed by atoms with Crippen LogP contribution in [0.1, 0.15) is 25.5 Å². The molecule has 2 rings (SSSR count). The minimum absolute atomic E-state index is 0.0102. The summed E-state index contributed by atoms with van der Waals surface area (Å²) in [6, 6.07) is 3.24. The van der Waals surface area contributed by atoms with Crippen molar-refractivity contribution in [3.63, 3.8) is 0 Å². The van der Waals surface area contributed by atoms with Crippen molar-refractivity contribution < 1.29 is 12.8 Å². The normalized spacial score (nSPS) is 20.6. The molecule has 1 aromatic heterocycles. The number of nitrogens with one attached hydrogen (secondary N) is 2. The van der Waals surface area contributed by atoms with E-state index in [1.54, 1.807) is 17.8 Å². The van der Waals surface area contributed by atoms with Crippen molar-refractivity contribution in [2.24, 2.45) is 0 Å². The first-order chi connectivity index (χ1) is 9.12. The van der Waals surface area contributed by atoms with Crippen molar-refractivity contribution in [2.75, 3.05) is 18.1 Å². The lowest BCUT2D eigenvalue weighted by atomic mass is 10.2. The standard InChI is InChI=1S/C12H20N2O3S2/c1-2-13-8-11-5-6-12(17-11)19(15,16)14-10-4-3-7-18-9-10/h5-6,10,13-14H,2-4,7-9H2,1H3. The molecule has 0 amide bonds. The molecule has 0 aromatic carbocycles. The van der Waals surface area contributed by atoms with Crippen molar-refractivity contribution in [3.8, 4) is 0 Å². The van der Waals surface area contributed by atoms with E-state index < -0.39 is 10.0 Å². The number of furan rings is 1. The third kappa shape index (κ3) is 4.24. The Labute approximate surface area is 118 Å². The van der Waals surface area contributed by atoms with Crippen LogP contribution in [0.4, 0.5) is 0 Å². The number of rotatable bonds is 6. The zero-order chi connectivity index (χ0) is 13.7. The van der Waals surface area contributed by atoms with Crippen LogP contribution in [0.3, 0.4) is 0 Å². The van der Waals surface area contributed by atoms with Gasteiger partial charge in [-0.2, -0.15) is 11.8 Å². The summed E-state index contributed by atoms with van der Waals surface area (Å²) in [5, 5.41) is 3.11.